The molecule has 0 radical (unpaired) electrons. The zero-order chi connectivity index (χ0) is 14.7. The standard InChI is InChI=1S/C15H17FN4/c1-3-13-15(18)14(4-2)20(19-13)9-11-7-12(16)6-5-10(11)8-17/h5-7H,3-4,9,18H2,1-2H3. The van der Waals surface area contributed by atoms with Crippen LogP contribution < -0.4 is 5.73 Å². The number of nitrogens with two attached hydrogens (primary N) is 1. The van der Waals surface area contributed by atoms with Crippen LogP contribution in [0.5, 0.6) is 0 Å². The zero-order valence-electron chi connectivity index (χ0n) is 11.7. The van der Waals surface area contributed by atoms with E-state index >= 15 is 0 Å². The van der Waals surface area contributed by atoms with Gasteiger partial charge in [0.05, 0.1) is 35.3 Å². The van der Waals surface area contributed by atoms with E-state index in [0.29, 0.717) is 23.4 Å². The minimum Gasteiger partial charge on any atom is -0.396 e. The van der Waals surface area contributed by atoms with Gasteiger partial charge in [-0.25, -0.2) is 4.39 Å². The second kappa shape index (κ2) is 5.74. The normalized spacial score (nSPS) is 10.5. The van der Waals surface area contributed by atoms with Crippen LogP contribution in [0.25, 0.3) is 0 Å². The first-order chi connectivity index (χ1) is 9.60. The predicted molar refractivity (Wildman–Crippen MR) is 75.6 cm³/mol. The summed E-state index contributed by atoms with van der Waals surface area (Å²) in [6.45, 7) is 4.35. The molecule has 2 aromatic rings. The van der Waals surface area contributed by atoms with Gasteiger partial charge in [-0.2, -0.15) is 10.4 Å². The summed E-state index contributed by atoms with van der Waals surface area (Å²) in [5.74, 6) is -0.354. The second-order valence-corrected chi connectivity index (χ2v) is 4.59. The molecule has 2 N–H and O–H groups in total. The van der Waals surface area contributed by atoms with Gasteiger partial charge >= 0.3 is 0 Å². The van der Waals surface area contributed by atoms with Crippen LogP contribution in [0.4, 0.5) is 10.1 Å². The number of hydrogen-bond acceptors (Lipinski definition) is 3. The molecular formula is C15H17FN4. The summed E-state index contributed by atoms with van der Waals surface area (Å²) in [5.41, 5.74) is 9.60. The van der Waals surface area contributed by atoms with Crippen molar-refractivity contribution in [2.24, 2.45) is 0 Å². The first-order valence-corrected chi connectivity index (χ1v) is 6.63. The number of aromatic nitrogens is 2. The van der Waals surface area contributed by atoms with E-state index in [-0.39, 0.29) is 5.82 Å². The van der Waals surface area contributed by atoms with Crippen LogP contribution in [0.2, 0.25) is 0 Å². The van der Waals surface area contributed by atoms with E-state index in [1.165, 1.54) is 18.2 Å². The zero-order valence-corrected chi connectivity index (χ0v) is 11.7. The first-order valence-electron chi connectivity index (χ1n) is 6.63. The number of anilines is 1. The molecule has 1 aromatic heterocycles. The lowest BCUT2D eigenvalue weighted by molar-refractivity contribution is 0.611. The molecule has 0 spiro atoms. The first kappa shape index (κ1) is 14.1. The minimum absolute atomic E-state index is 0.354. The highest BCUT2D eigenvalue weighted by atomic mass is 19.1. The highest BCUT2D eigenvalue weighted by molar-refractivity contribution is 5.49. The van der Waals surface area contributed by atoms with Gasteiger partial charge in [0.2, 0.25) is 0 Å². The summed E-state index contributed by atoms with van der Waals surface area (Å²) in [6.07, 6.45) is 1.50. The molecule has 0 aliphatic rings. The molecule has 4 nitrogen and oxygen atoms in total. The maximum absolute atomic E-state index is 13.4. The van der Waals surface area contributed by atoms with Gasteiger partial charge in [-0.1, -0.05) is 13.8 Å². The predicted octanol–water partition coefficient (Wildman–Crippen LogP) is 2.65. The van der Waals surface area contributed by atoms with Gasteiger partial charge in [-0.05, 0) is 36.6 Å². The fourth-order valence-corrected chi connectivity index (χ4v) is 2.29. The van der Waals surface area contributed by atoms with E-state index in [4.69, 9.17) is 11.0 Å². The molecule has 0 atom stereocenters. The largest absolute Gasteiger partial charge is 0.396 e. The van der Waals surface area contributed by atoms with Crippen LogP contribution in [0.1, 0.15) is 36.4 Å². The molecule has 0 aliphatic heterocycles. The van der Waals surface area contributed by atoms with Crippen molar-refractivity contribution in [1.82, 2.24) is 9.78 Å². The Balaban J connectivity index is 2.45. The quantitative estimate of drug-likeness (QED) is 0.930. The molecule has 20 heavy (non-hydrogen) atoms. The smallest absolute Gasteiger partial charge is 0.123 e. The second-order valence-electron chi connectivity index (χ2n) is 4.59. The van der Waals surface area contributed by atoms with Gasteiger partial charge < -0.3 is 5.73 Å². The number of nitrogen functional groups attached to an aromatic ring is 1. The average molecular weight is 272 g/mol. The summed E-state index contributed by atoms with van der Waals surface area (Å²) in [6, 6.07) is 6.23. The Morgan fingerprint density at radius 2 is 2.10 bits per heavy atom. The maximum atomic E-state index is 13.4. The van der Waals surface area contributed by atoms with E-state index < -0.39 is 0 Å². The Bertz CT molecular complexity index is 667. The van der Waals surface area contributed by atoms with Crippen molar-refractivity contribution >= 4 is 5.69 Å². The summed E-state index contributed by atoms with van der Waals surface area (Å²) >= 11 is 0. The summed E-state index contributed by atoms with van der Waals surface area (Å²) < 4.78 is 15.1. The molecule has 0 bridgehead atoms. The van der Waals surface area contributed by atoms with Crippen LogP contribution in [0.15, 0.2) is 18.2 Å². The highest BCUT2D eigenvalue weighted by Crippen LogP contribution is 2.21. The minimum atomic E-state index is -0.354. The Kier molecular flexibility index (Phi) is 4.04. The molecule has 0 saturated carbocycles. The van der Waals surface area contributed by atoms with Crippen molar-refractivity contribution in [1.29, 1.82) is 5.26 Å². The molecule has 1 aromatic carbocycles. The van der Waals surface area contributed by atoms with Crippen molar-refractivity contribution in [2.45, 2.75) is 33.2 Å². The van der Waals surface area contributed by atoms with Gasteiger partial charge in [0.15, 0.2) is 0 Å². The lowest BCUT2D eigenvalue weighted by Crippen LogP contribution is -2.08. The van der Waals surface area contributed by atoms with Crippen molar-refractivity contribution in [3.8, 4) is 6.07 Å². The number of nitrogens with zero attached hydrogens (tertiary/aromatic N) is 3. The molecule has 0 amide bonds. The lowest BCUT2D eigenvalue weighted by Gasteiger charge is -2.08. The molecule has 0 fully saturated rings. The molecule has 2 rings (SSSR count). The molecule has 0 unspecified atom stereocenters. The summed E-state index contributed by atoms with van der Waals surface area (Å²) in [4.78, 5) is 0. The number of halogens is 1. The molecule has 0 aliphatic carbocycles. The van der Waals surface area contributed by atoms with Gasteiger partial charge in [0, 0.05) is 0 Å². The Labute approximate surface area is 117 Å². The van der Waals surface area contributed by atoms with E-state index in [1.807, 2.05) is 13.8 Å². The molecular weight excluding hydrogens is 255 g/mol. The summed E-state index contributed by atoms with van der Waals surface area (Å²) in [5, 5.41) is 13.6. The molecule has 1 heterocycles. The average Bonchev–Trinajstić information content (AvgIpc) is 2.74. The third-order valence-corrected chi connectivity index (χ3v) is 3.35. The Hall–Kier alpha value is -2.35. The van der Waals surface area contributed by atoms with E-state index in [9.17, 15) is 4.39 Å². The number of rotatable bonds is 4. The van der Waals surface area contributed by atoms with E-state index in [2.05, 4.69) is 11.2 Å². The van der Waals surface area contributed by atoms with Gasteiger partial charge in [-0.3, -0.25) is 4.68 Å². The van der Waals surface area contributed by atoms with Crippen LogP contribution in [-0.4, -0.2) is 9.78 Å². The monoisotopic (exact) mass is 272 g/mol. The lowest BCUT2D eigenvalue weighted by atomic mass is 10.1. The van der Waals surface area contributed by atoms with Crippen molar-refractivity contribution in [2.75, 3.05) is 5.73 Å². The fourth-order valence-electron chi connectivity index (χ4n) is 2.29. The van der Waals surface area contributed by atoms with Crippen LogP contribution in [0, 0.1) is 17.1 Å². The van der Waals surface area contributed by atoms with Crippen LogP contribution >= 0.6 is 0 Å². The van der Waals surface area contributed by atoms with Crippen molar-refractivity contribution < 1.29 is 4.39 Å². The van der Waals surface area contributed by atoms with Crippen LogP contribution in [-0.2, 0) is 19.4 Å². The van der Waals surface area contributed by atoms with E-state index in [0.717, 1.165) is 24.2 Å². The van der Waals surface area contributed by atoms with Gasteiger partial charge in [0.1, 0.15) is 5.82 Å². The SMILES string of the molecule is CCc1nn(Cc2cc(F)ccc2C#N)c(CC)c1N. The molecule has 5 heteroatoms. The topological polar surface area (TPSA) is 67.6 Å². The molecule has 104 valence electrons. The highest BCUT2D eigenvalue weighted by Gasteiger charge is 2.14. The summed E-state index contributed by atoms with van der Waals surface area (Å²) in [7, 11) is 0. The third-order valence-electron chi connectivity index (χ3n) is 3.35. The molecule has 0 saturated heterocycles. The maximum Gasteiger partial charge on any atom is 0.123 e. The number of nitriles is 1. The Morgan fingerprint density at radius 3 is 2.70 bits per heavy atom. The fraction of sp³-hybridized carbons (Fsp3) is 0.333. The number of benzene rings is 1. The van der Waals surface area contributed by atoms with E-state index in [1.54, 1.807) is 4.68 Å². The third kappa shape index (κ3) is 2.50. The number of aryl methyl sites for hydroxylation is 1. The number of hydrogen-bond donors (Lipinski definition) is 1. The van der Waals surface area contributed by atoms with Gasteiger partial charge in [-0.15, -0.1) is 0 Å². The van der Waals surface area contributed by atoms with Crippen molar-refractivity contribution in [3.05, 3.63) is 46.5 Å². The van der Waals surface area contributed by atoms with Gasteiger partial charge in [0.25, 0.3) is 0 Å². The Morgan fingerprint density at radius 1 is 1.35 bits per heavy atom. The van der Waals surface area contributed by atoms with Crippen molar-refractivity contribution in [3.63, 3.8) is 0 Å². The van der Waals surface area contributed by atoms with Crippen LogP contribution in [0.3, 0.4) is 0 Å².